The number of rotatable bonds is 4. The molecule has 1 aliphatic rings. The summed E-state index contributed by atoms with van der Waals surface area (Å²) < 4.78 is 5.27. The van der Waals surface area contributed by atoms with Crippen LogP contribution in [0, 0.1) is 0 Å². The number of hydrogen-bond donors (Lipinski definition) is 2. The third-order valence-electron chi connectivity index (χ3n) is 4.39. The van der Waals surface area contributed by atoms with Gasteiger partial charge in [-0.1, -0.05) is 25.9 Å². The number of nitrogens with one attached hydrogen (secondary N) is 2. The molecule has 2 N–H and O–H groups in total. The molecule has 23 heavy (non-hydrogen) atoms. The van der Waals surface area contributed by atoms with E-state index in [4.69, 9.17) is 4.52 Å². The number of nitrogens with zero attached hydrogens (tertiary/aromatic N) is 1. The Morgan fingerprint density at radius 2 is 2.30 bits per heavy atom. The van der Waals surface area contributed by atoms with Gasteiger partial charge in [0, 0.05) is 28.3 Å². The molecular weight excluding hydrogens is 334 g/mol. The van der Waals surface area contributed by atoms with Gasteiger partial charge in [-0.05, 0) is 24.9 Å². The predicted molar refractivity (Wildman–Crippen MR) is 94.8 cm³/mol. The second kappa shape index (κ2) is 7.03. The van der Waals surface area contributed by atoms with E-state index < -0.39 is 0 Å². The summed E-state index contributed by atoms with van der Waals surface area (Å²) in [6, 6.07) is 1.82. The van der Waals surface area contributed by atoms with Gasteiger partial charge in [0.1, 0.15) is 0 Å². The zero-order chi connectivity index (χ0) is 15.7. The second-order valence-corrected chi connectivity index (χ2v) is 7.21. The molecule has 0 bridgehead atoms. The topological polar surface area (TPSA) is 67.2 Å². The highest BCUT2D eigenvalue weighted by Crippen LogP contribution is 2.29. The molecule has 1 amide bonds. The van der Waals surface area contributed by atoms with Crippen molar-refractivity contribution in [3.05, 3.63) is 33.1 Å². The van der Waals surface area contributed by atoms with Gasteiger partial charge in [0.2, 0.25) is 5.88 Å². The second-order valence-electron chi connectivity index (χ2n) is 6.25. The van der Waals surface area contributed by atoms with Crippen LogP contribution < -0.4 is 10.6 Å². The maximum Gasteiger partial charge on any atom is 0.259 e. The molecule has 0 fully saturated rings. The minimum absolute atomic E-state index is 0. The van der Waals surface area contributed by atoms with Crippen LogP contribution in [0.3, 0.4) is 0 Å². The molecule has 1 aliphatic heterocycles. The summed E-state index contributed by atoms with van der Waals surface area (Å²) in [5, 5.41) is 12.2. The van der Waals surface area contributed by atoms with E-state index in [0.717, 1.165) is 42.8 Å². The maximum atomic E-state index is 12.5. The van der Waals surface area contributed by atoms with Crippen molar-refractivity contribution in [3.63, 3.8) is 0 Å². The zero-order valence-corrected chi connectivity index (χ0v) is 15.2. The molecule has 0 atom stereocenters. The van der Waals surface area contributed by atoms with Crippen molar-refractivity contribution in [1.29, 1.82) is 0 Å². The summed E-state index contributed by atoms with van der Waals surface area (Å²) in [7, 11) is 0. The summed E-state index contributed by atoms with van der Waals surface area (Å²) in [6.45, 7) is 8.10. The van der Waals surface area contributed by atoms with Crippen molar-refractivity contribution in [3.8, 4) is 0 Å². The van der Waals surface area contributed by atoms with Crippen molar-refractivity contribution in [2.75, 3.05) is 11.9 Å². The van der Waals surface area contributed by atoms with Gasteiger partial charge in [-0.25, -0.2) is 0 Å². The summed E-state index contributed by atoms with van der Waals surface area (Å²) >= 11 is 1.63. The van der Waals surface area contributed by atoms with E-state index in [2.05, 4.69) is 36.6 Å². The first kappa shape index (κ1) is 18.0. The SMILES string of the molecule is CCC(C)(C)c1cc(NC(=O)c2csc3c2CCNC3)on1.Cl. The third-order valence-corrected chi connectivity index (χ3v) is 5.42. The third kappa shape index (κ3) is 3.59. The zero-order valence-electron chi connectivity index (χ0n) is 13.6. The van der Waals surface area contributed by atoms with E-state index in [1.807, 2.05) is 11.4 Å². The first-order valence-corrected chi connectivity index (χ1v) is 8.47. The molecule has 0 saturated heterocycles. The molecule has 2 aromatic heterocycles. The maximum absolute atomic E-state index is 12.5. The quantitative estimate of drug-likeness (QED) is 0.876. The average molecular weight is 356 g/mol. The molecule has 7 heteroatoms. The van der Waals surface area contributed by atoms with Crippen LogP contribution in [0.1, 0.15) is 53.7 Å². The Bertz CT molecular complexity index is 693. The van der Waals surface area contributed by atoms with Gasteiger partial charge in [-0.15, -0.1) is 23.7 Å². The fraction of sp³-hybridized carbons (Fsp3) is 0.500. The molecule has 0 spiro atoms. The standard InChI is InChI=1S/C16H21N3O2S.ClH/c1-4-16(2,3)13-7-14(21-19-13)18-15(20)11-9-22-12-8-17-6-5-10(11)12;/h7,9,17H,4-6,8H2,1-3H3,(H,18,20);1H. The van der Waals surface area contributed by atoms with E-state index in [9.17, 15) is 4.79 Å². The van der Waals surface area contributed by atoms with Crippen LogP contribution in [0.5, 0.6) is 0 Å². The van der Waals surface area contributed by atoms with E-state index in [1.54, 1.807) is 11.3 Å². The van der Waals surface area contributed by atoms with E-state index in [-0.39, 0.29) is 23.7 Å². The average Bonchev–Trinajstić information content (AvgIpc) is 3.14. The van der Waals surface area contributed by atoms with Gasteiger partial charge in [-0.3, -0.25) is 10.1 Å². The normalized spacial score (nSPS) is 14.0. The van der Waals surface area contributed by atoms with Crippen LogP contribution in [0.2, 0.25) is 0 Å². The summed E-state index contributed by atoms with van der Waals surface area (Å²) in [6.07, 6.45) is 1.85. The Morgan fingerprint density at radius 3 is 3.04 bits per heavy atom. The monoisotopic (exact) mass is 355 g/mol. The molecular formula is C16H22ClN3O2S. The van der Waals surface area contributed by atoms with Crippen molar-refractivity contribution in [2.24, 2.45) is 0 Å². The van der Waals surface area contributed by atoms with Gasteiger partial charge in [0.05, 0.1) is 11.3 Å². The number of anilines is 1. The number of carbonyl (C=O) groups is 1. The van der Waals surface area contributed by atoms with E-state index in [0.29, 0.717) is 5.88 Å². The lowest BCUT2D eigenvalue weighted by molar-refractivity contribution is 0.102. The highest BCUT2D eigenvalue weighted by atomic mass is 35.5. The lowest BCUT2D eigenvalue weighted by Gasteiger charge is -2.18. The number of amides is 1. The molecule has 126 valence electrons. The Kier molecular flexibility index (Phi) is 5.49. The van der Waals surface area contributed by atoms with Crippen LogP contribution in [-0.2, 0) is 18.4 Å². The Labute approximate surface area is 146 Å². The summed E-state index contributed by atoms with van der Waals surface area (Å²) in [5.74, 6) is 0.298. The molecule has 2 aromatic rings. The van der Waals surface area contributed by atoms with Crippen LogP contribution in [0.15, 0.2) is 16.0 Å². The van der Waals surface area contributed by atoms with Gasteiger partial charge < -0.3 is 9.84 Å². The molecule has 0 unspecified atom stereocenters. The molecule has 0 aromatic carbocycles. The van der Waals surface area contributed by atoms with Crippen molar-refractivity contribution < 1.29 is 9.32 Å². The number of hydrogen-bond acceptors (Lipinski definition) is 5. The molecule has 3 heterocycles. The lowest BCUT2D eigenvalue weighted by Crippen LogP contribution is -2.24. The fourth-order valence-corrected chi connectivity index (χ4v) is 3.51. The molecule has 0 saturated carbocycles. The Balaban J connectivity index is 0.00000192. The fourth-order valence-electron chi connectivity index (χ4n) is 2.46. The Morgan fingerprint density at radius 1 is 1.52 bits per heavy atom. The number of aromatic nitrogens is 1. The minimum atomic E-state index is -0.114. The molecule has 0 radical (unpaired) electrons. The van der Waals surface area contributed by atoms with Crippen LogP contribution in [-0.4, -0.2) is 17.6 Å². The summed E-state index contributed by atoms with van der Waals surface area (Å²) in [4.78, 5) is 13.7. The minimum Gasteiger partial charge on any atom is -0.338 e. The molecule has 3 rings (SSSR count). The van der Waals surface area contributed by atoms with E-state index in [1.165, 1.54) is 4.88 Å². The van der Waals surface area contributed by atoms with E-state index >= 15 is 0 Å². The van der Waals surface area contributed by atoms with Gasteiger partial charge >= 0.3 is 0 Å². The van der Waals surface area contributed by atoms with Crippen molar-refractivity contribution >= 4 is 35.5 Å². The van der Waals surface area contributed by atoms with Gasteiger partial charge in [0.25, 0.3) is 5.91 Å². The number of thiophene rings is 1. The van der Waals surface area contributed by atoms with Crippen LogP contribution in [0.25, 0.3) is 0 Å². The van der Waals surface area contributed by atoms with Crippen molar-refractivity contribution in [1.82, 2.24) is 10.5 Å². The number of halogens is 1. The largest absolute Gasteiger partial charge is 0.338 e. The van der Waals surface area contributed by atoms with Crippen molar-refractivity contribution in [2.45, 2.75) is 45.6 Å². The molecule has 0 aliphatic carbocycles. The van der Waals surface area contributed by atoms with Crippen LogP contribution in [0.4, 0.5) is 5.88 Å². The smallest absolute Gasteiger partial charge is 0.259 e. The first-order chi connectivity index (χ1) is 10.5. The lowest BCUT2D eigenvalue weighted by atomic mass is 9.87. The first-order valence-electron chi connectivity index (χ1n) is 7.60. The number of fused-ring (bicyclic) bond motifs is 1. The Hall–Kier alpha value is -1.37. The van der Waals surface area contributed by atoms with Gasteiger partial charge in [0.15, 0.2) is 0 Å². The number of carbonyl (C=O) groups excluding carboxylic acids is 1. The highest BCUT2D eigenvalue weighted by molar-refractivity contribution is 7.10. The predicted octanol–water partition coefficient (Wildman–Crippen LogP) is 3.74. The van der Waals surface area contributed by atoms with Gasteiger partial charge in [-0.2, -0.15) is 0 Å². The molecule has 5 nitrogen and oxygen atoms in total. The van der Waals surface area contributed by atoms with Crippen LogP contribution >= 0.6 is 23.7 Å². The highest BCUT2D eigenvalue weighted by Gasteiger charge is 2.24. The summed E-state index contributed by atoms with van der Waals surface area (Å²) in [5.41, 5.74) is 2.73.